The number of benzene rings is 1. The number of hydrogen-bond acceptors (Lipinski definition) is 6. The molecule has 0 saturated carbocycles. The minimum absolute atomic E-state index is 0.261. The van der Waals surface area contributed by atoms with Gasteiger partial charge < -0.3 is 9.88 Å². The Hall–Kier alpha value is -3.53. The Morgan fingerprint density at radius 3 is 2.53 bits per heavy atom. The van der Waals surface area contributed by atoms with E-state index in [1.807, 2.05) is 38.1 Å². The lowest BCUT2D eigenvalue weighted by Gasteiger charge is -2.08. The Bertz CT molecular complexity index is 1390. The number of rotatable bonds is 4. The molecule has 0 aliphatic carbocycles. The van der Waals surface area contributed by atoms with Gasteiger partial charge in [0.15, 0.2) is 16.3 Å². The summed E-state index contributed by atoms with van der Waals surface area (Å²) >= 11 is 1.34. The lowest BCUT2D eigenvalue weighted by atomic mass is 10.1. The van der Waals surface area contributed by atoms with Crippen LogP contribution in [0.25, 0.3) is 22.4 Å². The van der Waals surface area contributed by atoms with Crippen molar-refractivity contribution in [3.05, 3.63) is 61.9 Å². The van der Waals surface area contributed by atoms with Crippen molar-refractivity contribution < 1.29 is 4.79 Å². The van der Waals surface area contributed by atoms with Gasteiger partial charge >= 0.3 is 5.69 Å². The Morgan fingerprint density at radius 2 is 1.83 bits per heavy atom. The fourth-order valence-electron chi connectivity index (χ4n) is 3.27. The van der Waals surface area contributed by atoms with E-state index in [4.69, 9.17) is 0 Å². The highest BCUT2D eigenvalue weighted by atomic mass is 32.1. The number of hydrogen-bond donors (Lipinski definition) is 1. The average molecular weight is 424 g/mol. The molecule has 0 aliphatic heterocycles. The van der Waals surface area contributed by atoms with Crippen LogP contribution >= 0.6 is 11.3 Å². The number of nitrogens with zero attached hydrogens (tertiary/aromatic N) is 5. The normalized spacial score (nSPS) is 11.2. The van der Waals surface area contributed by atoms with E-state index in [1.165, 1.54) is 33.8 Å². The van der Waals surface area contributed by atoms with Crippen molar-refractivity contribution in [1.82, 2.24) is 23.7 Å². The number of aryl methyl sites for hydroxylation is 4. The molecule has 0 radical (unpaired) electrons. The molecule has 0 fully saturated rings. The lowest BCUT2D eigenvalue weighted by molar-refractivity contribution is -0.116. The first-order valence-corrected chi connectivity index (χ1v) is 10.0. The van der Waals surface area contributed by atoms with Crippen LogP contribution in [0.5, 0.6) is 0 Å². The summed E-state index contributed by atoms with van der Waals surface area (Å²) in [7, 11) is 3.18. The summed E-state index contributed by atoms with van der Waals surface area (Å²) in [5.41, 5.74) is 2.29. The van der Waals surface area contributed by atoms with E-state index < -0.39 is 23.7 Å². The number of imidazole rings is 1. The summed E-state index contributed by atoms with van der Waals surface area (Å²) < 4.78 is 3.69. The van der Waals surface area contributed by atoms with Gasteiger partial charge in [-0.25, -0.2) is 19.3 Å². The molecule has 0 saturated heterocycles. The van der Waals surface area contributed by atoms with Crippen molar-refractivity contribution in [2.45, 2.75) is 20.4 Å². The molecule has 1 aromatic carbocycles. The minimum atomic E-state index is -0.600. The Morgan fingerprint density at radius 1 is 1.13 bits per heavy atom. The molecular weight excluding hydrogens is 404 g/mol. The van der Waals surface area contributed by atoms with Crippen LogP contribution in [0, 0.1) is 13.8 Å². The number of amides is 1. The second kappa shape index (κ2) is 7.38. The number of aromatic nitrogens is 5. The third-order valence-electron chi connectivity index (χ3n) is 4.87. The van der Waals surface area contributed by atoms with Crippen molar-refractivity contribution in [3.8, 4) is 11.3 Å². The molecule has 0 bridgehead atoms. The van der Waals surface area contributed by atoms with E-state index in [0.29, 0.717) is 5.13 Å². The number of carbonyl (C=O) groups is 1. The van der Waals surface area contributed by atoms with Crippen LogP contribution in [0.2, 0.25) is 0 Å². The number of carbonyl (C=O) groups excluding carboxylic acids is 1. The first-order valence-electron chi connectivity index (χ1n) is 9.21. The van der Waals surface area contributed by atoms with Gasteiger partial charge in [-0.2, -0.15) is 0 Å². The first-order chi connectivity index (χ1) is 14.3. The molecule has 154 valence electrons. The number of anilines is 1. The summed E-state index contributed by atoms with van der Waals surface area (Å²) in [6.45, 7) is 3.53. The minimum Gasteiger partial charge on any atom is -0.328 e. The molecule has 1 N–H and O–H groups in total. The highest BCUT2D eigenvalue weighted by Crippen LogP contribution is 2.30. The van der Waals surface area contributed by atoms with Crippen LogP contribution in [-0.2, 0) is 25.4 Å². The zero-order valence-electron chi connectivity index (χ0n) is 17.0. The van der Waals surface area contributed by atoms with Gasteiger partial charge in [-0.1, -0.05) is 29.8 Å². The summed E-state index contributed by atoms with van der Waals surface area (Å²) in [4.78, 5) is 47.4. The molecule has 0 spiro atoms. The fourth-order valence-corrected chi connectivity index (χ4v) is 4.12. The van der Waals surface area contributed by atoms with Crippen molar-refractivity contribution >= 4 is 33.5 Å². The lowest BCUT2D eigenvalue weighted by Crippen LogP contribution is -2.42. The fraction of sp³-hybridized carbons (Fsp3) is 0.250. The first kappa shape index (κ1) is 19.8. The second-order valence-corrected chi connectivity index (χ2v) is 8.30. The topological polar surface area (TPSA) is 104 Å². The molecular formula is C20H20N6O3S. The zero-order valence-corrected chi connectivity index (χ0v) is 17.8. The molecule has 0 unspecified atom stereocenters. The standard InChI is InChI=1S/C20H20N6O3S/c1-11-5-7-13(8-6-11)15-12(2)30-19(23-15)22-14(27)9-26-18(28)16-17(21-10-24(16)3)25(4)20(26)29/h5-8,10H,9H2,1-4H3,(H,22,23,27). The van der Waals surface area contributed by atoms with Crippen LogP contribution in [0.3, 0.4) is 0 Å². The molecule has 1 amide bonds. The summed E-state index contributed by atoms with van der Waals surface area (Å²) in [6.07, 6.45) is 1.46. The Labute approximate surface area is 175 Å². The van der Waals surface area contributed by atoms with Crippen LogP contribution < -0.4 is 16.6 Å². The highest BCUT2D eigenvalue weighted by molar-refractivity contribution is 7.16. The van der Waals surface area contributed by atoms with Crippen LogP contribution in [0.1, 0.15) is 10.4 Å². The van der Waals surface area contributed by atoms with Crippen molar-refractivity contribution in [2.24, 2.45) is 14.1 Å². The average Bonchev–Trinajstić information content (AvgIpc) is 3.27. The predicted molar refractivity (Wildman–Crippen MR) is 116 cm³/mol. The largest absolute Gasteiger partial charge is 0.332 e. The van der Waals surface area contributed by atoms with E-state index in [1.54, 1.807) is 7.05 Å². The maximum absolute atomic E-state index is 12.7. The Balaban J connectivity index is 1.61. The number of nitrogens with one attached hydrogen (secondary N) is 1. The third kappa shape index (κ3) is 3.35. The molecule has 4 rings (SSSR count). The monoisotopic (exact) mass is 424 g/mol. The molecule has 9 nitrogen and oxygen atoms in total. The summed E-state index contributed by atoms with van der Waals surface area (Å²) in [5.74, 6) is -0.500. The maximum Gasteiger partial charge on any atom is 0.332 e. The van der Waals surface area contributed by atoms with Crippen LogP contribution in [0.4, 0.5) is 5.13 Å². The van der Waals surface area contributed by atoms with E-state index >= 15 is 0 Å². The van der Waals surface area contributed by atoms with E-state index in [-0.39, 0.29) is 11.2 Å². The molecule has 3 aromatic heterocycles. The zero-order chi connectivity index (χ0) is 21.6. The van der Waals surface area contributed by atoms with Gasteiger partial charge in [-0.05, 0) is 13.8 Å². The van der Waals surface area contributed by atoms with Gasteiger partial charge in [0, 0.05) is 24.5 Å². The van der Waals surface area contributed by atoms with Gasteiger partial charge in [0.1, 0.15) is 6.54 Å². The second-order valence-electron chi connectivity index (χ2n) is 7.10. The smallest absolute Gasteiger partial charge is 0.328 e. The van der Waals surface area contributed by atoms with E-state index in [0.717, 1.165) is 26.3 Å². The molecule has 10 heteroatoms. The third-order valence-corrected chi connectivity index (χ3v) is 5.76. The SMILES string of the molecule is Cc1ccc(-c2nc(NC(=O)Cn3c(=O)c4c(ncn4C)n(C)c3=O)sc2C)cc1. The highest BCUT2D eigenvalue weighted by Gasteiger charge is 2.18. The van der Waals surface area contributed by atoms with Gasteiger partial charge in [0.25, 0.3) is 5.56 Å². The van der Waals surface area contributed by atoms with Gasteiger partial charge in [-0.3, -0.25) is 14.2 Å². The maximum atomic E-state index is 12.7. The quantitative estimate of drug-likeness (QED) is 0.538. The van der Waals surface area contributed by atoms with Crippen molar-refractivity contribution in [3.63, 3.8) is 0 Å². The van der Waals surface area contributed by atoms with Crippen LogP contribution in [0.15, 0.2) is 40.2 Å². The van der Waals surface area contributed by atoms with Crippen LogP contribution in [-0.4, -0.2) is 29.6 Å². The van der Waals surface area contributed by atoms with E-state index in [9.17, 15) is 14.4 Å². The van der Waals surface area contributed by atoms with Gasteiger partial charge in [0.2, 0.25) is 5.91 Å². The Kier molecular flexibility index (Phi) is 4.86. The van der Waals surface area contributed by atoms with E-state index in [2.05, 4.69) is 15.3 Å². The number of thiazole rings is 1. The molecule has 0 atom stereocenters. The summed E-state index contributed by atoms with van der Waals surface area (Å²) in [6, 6.07) is 7.97. The molecule has 0 aliphatic rings. The van der Waals surface area contributed by atoms with Crippen molar-refractivity contribution in [2.75, 3.05) is 5.32 Å². The van der Waals surface area contributed by atoms with Gasteiger partial charge in [-0.15, -0.1) is 11.3 Å². The molecule has 3 heterocycles. The molecule has 30 heavy (non-hydrogen) atoms. The van der Waals surface area contributed by atoms with Gasteiger partial charge in [0.05, 0.1) is 12.0 Å². The summed E-state index contributed by atoms with van der Waals surface area (Å²) in [5, 5.41) is 3.12. The predicted octanol–water partition coefficient (Wildman–Crippen LogP) is 1.81. The number of fused-ring (bicyclic) bond motifs is 1. The molecule has 4 aromatic rings. The van der Waals surface area contributed by atoms with Crippen molar-refractivity contribution in [1.29, 1.82) is 0 Å².